The average molecular weight is 146 g/mol. The molecule has 3 N–H and O–H groups in total. The number of ether oxygens (including phenoxy) is 1. The molecule has 0 radical (unpaired) electrons. The van der Waals surface area contributed by atoms with Crippen molar-refractivity contribution < 1.29 is 9.84 Å². The van der Waals surface area contributed by atoms with Crippen molar-refractivity contribution in [2.75, 3.05) is 19.7 Å². The van der Waals surface area contributed by atoms with E-state index in [4.69, 9.17) is 10.6 Å². The summed E-state index contributed by atoms with van der Waals surface area (Å²) >= 11 is 0. The van der Waals surface area contributed by atoms with Gasteiger partial charge in [0, 0.05) is 19.7 Å². The zero-order valence-corrected chi connectivity index (χ0v) is 6.16. The predicted octanol–water partition coefficient (Wildman–Crippen LogP) is -1.06. The Hall–Kier alpha value is -0.160. The van der Waals surface area contributed by atoms with E-state index in [9.17, 15) is 5.11 Å². The highest BCUT2D eigenvalue weighted by Crippen LogP contribution is 2.09. The van der Waals surface area contributed by atoms with Crippen LogP contribution < -0.4 is 5.84 Å². The van der Waals surface area contributed by atoms with E-state index in [2.05, 4.69) is 0 Å². The second kappa shape index (κ2) is 3.30. The van der Waals surface area contributed by atoms with Crippen molar-refractivity contribution in [3.63, 3.8) is 0 Å². The molecule has 0 amide bonds. The van der Waals surface area contributed by atoms with Crippen LogP contribution in [0.25, 0.3) is 0 Å². The molecular formula is C6H14N2O2. The first-order chi connectivity index (χ1) is 4.74. The molecule has 1 heterocycles. The van der Waals surface area contributed by atoms with Crippen LogP contribution in [0.4, 0.5) is 0 Å². The predicted molar refractivity (Wildman–Crippen MR) is 37.2 cm³/mol. The van der Waals surface area contributed by atoms with Gasteiger partial charge >= 0.3 is 0 Å². The van der Waals surface area contributed by atoms with Gasteiger partial charge in [0.05, 0.1) is 12.2 Å². The molecule has 60 valence electrons. The minimum atomic E-state index is -0.412. The van der Waals surface area contributed by atoms with Gasteiger partial charge in [0.2, 0.25) is 0 Å². The zero-order chi connectivity index (χ0) is 7.56. The molecule has 0 unspecified atom stereocenters. The van der Waals surface area contributed by atoms with Gasteiger partial charge in [-0.05, 0) is 6.92 Å². The van der Waals surface area contributed by atoms with E-state index in [1.807, 2.05) is 6.92 Å². The average Bonchev–Trinajstić information content (AvgIpc) is 2.13. The van der Waals surface area contributed by atoms with Crippen LogP contribution in [-0.2, 0) is 4.74 Å². The third-order valence-corrected chi connectivity index (χ3v) is 1.65. The van der Waals surface area contributed by atoms with Gasteiger partial charge in [-0.1, -0.05) is 0 Å². The number of nitrogens with zero attached hydrogens (tertiary/aromatic N) is 1. The summed E-state index contributed by atoms with van der Waals surface area (Å²) in [5, 5.41) is 10.8. The Kier molecular flexibility index (Phi) is 2.62. The third kappa shape index (κ3) is 1.67. The molecule has 10 heavy (non-hydrogen) atoms. The molecule has 1 rings (SSSR count). The molecule has 1 saturated heterocycles. The molecule has 1 aliphatic rings. The van der Waals surface area contributed by atoms with Crippen LogP contribution in [0.5, 0.6) is 0 Å². The number of hydrogen-bond acceptors (Lipinski definition) is 4. The van der Waals surface area contributed by atoms with Crippen molar-refractivity contribution in [3.8, 4) is 0 Å². The van der Waals surface area contributed by atoms with Crippen LogP contribution in [0.1, 0.15) is 6.92 Å². The summed E-state index contributed by atoms with van der Waals surface area (Å²) in [6.45, 7) is 3.70. The standard InChI is InChI=1S/C6H14N2O2/c1-2-10-6-4-8(7)3-5(6)9/h5-6,9H,2-4,7H2,1H3/t5-,6-/m1/s1. The van der Waals surface area contributed by atoms with Crippen molar-refractivity contribution in [3.05, 3.63) is 0 Å². The lowest BCUT2D eigenvalue weighted by molar-refractivity contribution is -0.00242. The Balaban J connectivity index is 2.31. The van der Waals surface area contributed by atoms with E-state index in [1.165, 1.54) is 0 Å². The van der Waals surface area contributed by atoms with Gasteiger partial charge in [-0.3, -0.25) is 5.84 Å². The van der Waals surface area contributed by atoms with Crippen LogP contribution in [0, 0.1) is 0 Å². The maximum atomic E-state index is 9.24. The summed E-state index contributed by atoms with van der Waals surface area (Å²) in [7, 11) is 0. The molecule has 2 atom stereocenters. The fourth-order valence-corrected chi connectivity index (χ4v) is 1.16. The van der Waals surface area contributed by atoms with E-state index in [-0.39, 0.29) is 6.10 Å². The van der Waals surface area contributed by atoms with E-state index < -0.39 is 6.10 Å². The van der Waals surface area contributed by atoms with Crippen molar-refractivity contribution in [2.45, 2.75) is 19.1 Å². The maximum absolute atomic E-state index is 9.24. The van der Waals surface area contributed by atoms with E-state index >= 15 is 0 Å². The molecular weight excluding hydrogens is 132 g/mol. The maximum Gasteiger partial charge on any atom is 0.0987 e. The van der Waals surface area contributed by atoms with Crippen LogP contribution in [0.2, 0.25) is 0 Å². The SMILES string of the molecule is CCO[C@@H]1CN(N)C[C@H]1O. The molecule has 0 bridgehead atoms. The van der Waals surface area contributed by atoms with E-state index in [0.29, 0.717) is 19.7 Å². The second-order valence-electron chi connectivity index (χ2n) is 2.52. The van der Waals surface area contributed by atoms with Gasteiger partial charge < -0.3 is 9.84 Å². The zero-order valence-electron chi connectivity index (χ0n) is 6.16. The lowest BCUT2D eigenvalue weighted by Crippen LogP contribution is -2.29. The second-order valence-corrected chi connectivity index (χ2v) is 2.52. The number of hydrazine groups is 1. The summed E-state index contributed by atoms with van der Waals surface area (Å²) in [6.07, 6.45) is -0.500. The highest BCUT2D eigenvalue weighted by atomic mass is 16.5. The minimum absolute atomic E-state index is 0.0880. The third-order valence-electron chi connectivity index (χ3n) is 1.65. The molecule has 4 nitrogen and oxygen atoms in total. The van der Waals surface area contributed by atoms with Crippen molar-refractivity contribution >= 4 is 0 Å². The van der Waals surface area contributed by atoms with E-state index in [1.54, 1.807) is 5.01 Å². The molecule has 1 aliphatic heterocycles. The van der Waals surface area contributed by atoms with Gasteiger partial charge in [-0.25, -0.2) is 5.01 Å². The first-order valence-electron chi connectivity index (χ1n) is 3.53. The fraction of sp³-hybridized carbons (Fsp3) is 1.00. The van der Waals surface area contributed by atoms with Crippen LogP contribution >= 0.6 is 0 Å². The number of nitrogens with two attached hydrogens (primary N) is 1. The highest BCUT2D eigenvalue weighted by Gasteiger charge is 2.29. The monoisotopic (exact) mass is 146 g/mol. The van der Waals surface area contributed by atoms with Crippen LogP contribution in [-0.4, -0.2) is 42.0 Å². The topological polar surface area (TPSA) is 58.7 Å². The summed E-state index contributed by atoms with van der Waals surface area (Å²) in [5.41, 5.74) is 0. The first-order valence-corrected chi connectivity index (χ1v) is 3.53. The van der Waals surface area contributed by atoms with Gasteiger partial charge in [0.25, 0.3) is 0 Å². The van der Waals surface area contributed by atoms with Crippen LogP contribution in [0.15, 0.2) is 0 Å². The fourth-order valence-electron chi connectivity index (χ4n) is 1.16. The molecule has 0 aliphatic carbocycles. The summed E-state index contributed by atoms with van der Waals surface area (Å²) in [5.74, 6) is 5.44. The Bertz CT molecular complexity index is 110. The Morgan fingerprint density at radius 2 is 2.40 bits per heavy atom. The smallest absolute Gasteiger partial charge is 0.0987 e. The molecule has 0 aromatic heterocycles. The van der Waals surface area contributed by atoms with Gasteiger partial charge in [0.1, 0.15) is 0 Å². The Labute approximate surface area is 60.5 Å². The largest absolute Gasteiger partial charge is 0.389 e. The van der Waals surface area contributed by atoms with Crippen molar-refractivity contribution in [1.82, 2.24) is 5.01 Å². The molecule has 0 spiro atoms. The van der Waals surface area contributed by atoms with Crippen molar-refractivity contribution in [2.24, 2.45) is 5.84 Å². The summed E-state index contributed by atoms with van der Waals surface area (Å²) < 4.78 is 5.21. The first kappa shape index (κ1) is 7.94. The van der Waals surface area contributed by atoms with Gasteiger partial charge in [-0.15, -0.1) is 0 Å². The number of β-amino-alcohol motifs (C(OH)–C–C–N with tert-alkyl or cyclic N) is 1. The lowest BCUT2D eigenvalue weighted by Gasteiger charge is -2.11. The molecule has 0 aromatic rings. The molecule has 4 heteroatoms. The number of aliphatic hydroxyl groups is 1. The van der Waals surface area contributed by atoms with Gasteiger partial charge in [0.15, 0.2) is 0 Å². The number of hydrogen-bond donors (Lipinski definition) is 2. The minimum Gasteiger partial charge on any atom is -0.389 e. The van der Waals surface area contributed by atoms with Gasteiger partial charge in [-0.2, -0.15) is 0 Å². The Morgan fingerprint density at radius 3 is 2.80 bits per heavy atom. The summed E-state index contributed by atoms with van der Waals surface area (Å²) in [4.78, 5) is 0. The normalized spacial score (nSPS) is 35.1. The molecule has 0 aromatic carbocycles. The Morgan fingerprint density at radius 1 is 1.70 bits per heavy atom. The molecule has 0 saturated carbocycles. The summed E-state index contributed by atoms with van der Waals surface area (Å²) in [6, 6.07) is 0. The van der Waals surface area contributed by atoms with E-state index in [0.717, 1.165) is 0 Å². The lowest BCUT2D eigenvalue weighted by atomic mass is 10.3. The highest BCUT2D eigenvalue weighted by molar-refractivity contribution is 4.81. The number of rotatable bonds is 2. The number of aliphatic hydroxyl groups excluding tert-OH is 1. The quantitative estimate of drug-likeness (QED) is 0.488. The van der Waals surface area contributed by atoms with Crippen molar-refractivity contribution in [1.29, 1.82) is 0 Å². The van der Waals surface area contributed by atoms with Crippen LogP contribution in [0.3, 0.4) is 0 Å². The molecule has 1 fully saturated rings.